The summed E-state index contributed by atoms with van der Waals surface area (Å²) in [6.07, 6.45) is 1.41. The standard InChI is InChI=1S/C25H31N5O5S2/c1-5-15-30(16-6-2)37(34,35)23-11-7-20(8-12-23)24(31)28-21-9-13-22(14-10-21)36(32,33)29-25-26-18(3)17-19(4)27-25/h7-14,17H,5-6,15-16H2,1-4H3,(H,28,31)(H,26,27,29). The number of amides is 1. The third-order valence-electron chi connectivity index (χ3n) is 5.33. The van der Waals surface area contributed by atoms with E-state index in [4.69, 9.17) is 0 Å². The van der Waals surface area contributed by atoms with Crippen LogP contribution >= 0.6 is 0 Å². The zero-order chi connectivity index (χ0) is 27.2. The van der Waals surface area contributed by atoms with Crippen LogP contribution in [0.1, 0.15) is 48.4 Å². The molecule has 1 aromatic heterocycles. The van der Waals surface area contributed by atoms with Crippen molar-refractivity contribution in [3.63, 3.8) is 0 Å². The fourth-order valence-electron chi connectivity index (χ4n) is 3.65. The highest BCUT2D eigenvalue weighted by molar-refractivity contribution is 7.92. The van der Waals surface area contributed by atoms with Crippen LogP contribution in [0.15, 0.2) is 64.4 Å². The maximum atomic E-state index is 12.9. The van der Waals surface area contributed by atoms with Gasteiger partial charge >= 0.3 is 0 Å². The molecule has 0 bridgehead atoms. The lowest BCUT2D eigenvalue weighted by Gasteiger charge is -2.21. The van der Waals surface area contributed by atoms with E-state index < -0.39 is 26.0 Å². The second-order valence-corrected chi connectivity index (χ2v) is 12.1. The Balaban J connectivity index is 1.70. The monoisotopic (exact) mass is 545 g/mol. The lowest BCUT2D eigenvalue weighted by atomic mass is 10.2. The molecule has 0 fully saturated rings. The number of carbonyl (C=O) groups excluding carboxylic acids is 1. The summed E-state index contributed by atoms with van der Waals surface area (Å²) in [5.41, 5.74) is 1.91. The summed E-state index contributed by atoms with van der Waals surface area (Å²) in [5, 5.41) is 2.68. The van der Waals surface area contributed by atoms with Crippen LogP contribution in [0.2, 0.25) is 0 Å². The Morgan fingerprint density at radius 3 is 1.84 bits per heavy atom. The fraction of sp³-hybridized carbons (Fsp3) is 0.320. The Bertz CT molecular complexity index is 1430. The quantitative estimate of drug-likeness (QED) is 0.372. The molecular weight excluding hydrogens is 514 g/mol. The minimum absolute atomic E-state index is 0.0205. The van der Waals surface area contributed by atoms with Crippen LogP contribution in [-0.4, -0.2) is 50.1 Å². The fourth-order valence-corrected chi connectivity index (χ4v) is 6.22. The summed E-state index contributed by atoms with van der Waals surface area (Å²) in [5.74, 6) is -0.479. The maximum absolute atomic E-state index is 12.9. The van der Waals surface area contributed by atoms with Crippen molar-refractivity contribution in [1.29, 1.82) is 0 Å². The van der Waals surface area contributed by atoms with Gasteiger partial charge in [0.05, 0.1) is 9.79 Å². The molecule has 2 aromatic carbocycles. The highest BCUT2D eigenvalue weighted by Crippen LogP contribution is 2.20. The molecule has 0 aliphatic rings. The van der Waals surface area contributed by atoms with Gasteiger partial charge in [0.1, 0.15) is 0 Å². The second kappa shape index (κ2) is 11.8. The number of benzene rings is 2. The van der Waals surface area contributed by atoms with Gasteiger partial charge < -0.3 is 5.32 Å². The molecule has 0 saturated heterocycles. The molecule has 0 aliphatic heterocycles. The van der Waals surface area contributed by atoms with Crippen molar-refractivity contribution in [3.8, 4) is 0 Å². The van der Waals surface area contributed by atoms with Crippen LogP contribution in [0.3, 0.4) is 0 Å². The molecule has 0 radical (unpaired) electrons. The number of nitrogens with one attached hydrogen (secondary N) is 2. The van der Waals surface area contributed by atoms with Gasteiger partial charge in [-0.15, -0.1) is 0 Å². The first-order valence-corrected chi connectivity index (χ1v) is 14.8. The summed E-state index contributed by atoms with van der Waals surface area (Å²) >= 11 is 0. The van der Waals surface area contributed by atoms with Gasteiger partial charge in [0.2, 0.25) is 16.0 Å². The molecule has 2 N–H and O–H groups in total. The van der Waals surface area contributed by atoms with Gasteiger partial charge in [-0.05, 0) is 81.3 Å². The van der Waals surface area contributed by atoms with E-state index in [1.807, 2.05) is 13.8 Å². The molecule has 0 atom stereocenters. The molecule has 0 spiro atoms. The Kier molecular flexibility index (Phi) is 9.00. The number of carbonyl (C=O) groups is 1. The minimum Gasteiger partial charge on any atom is -0.322 e. The van der Waals surface area contributed by atoms with Gasteiger partial charge in [0, 0.05) is 35.7 Å². The van der Waals surface area contributed by atoms with Crippen molar-refractivity contribution in [2.45, 2.75) is 50.3 Å². The lowest BCUT2D eigenvalue weighted by Crippen LogP contribution is -2.32. The van der Waals surface area contributed by atoms with Gasteiger partial charge in [-0.1, -0.05) is 13.8 Å². The molecule has 0 unspecified atom stereocenters. The Morgan fingerprint density at radius 2 is 1.32 bits per heavy atom. The molecule has 0 saturated carbocycles. The summed E-state index contributed by atoms with van der Waals surface area (Å²) in [7, 11) is -7.57. The number of rotatable bonds is 11. The third kappa shape index (κ3) is 7.12. The first-order valence-electron chi connectivity index (χ1n) is 11.8. The van der Waals surface area contributed by atoms with Crippen LogP contribution < -0.4 is 10.0 Å². The van der Waals surface area contributed by atoms with E-state index in [-0.39, 0.29) is 21.3 Å². The molecule has 37 heavy (non-hydrogen) atoms. The third-order valence-corrected chi connectivity index (χ3v) is 8.59. The van der Waals surface area contributed by atoms with Gasteiger partial charge in [-0.2, -0.15) is 4.31 Å². The van der Waals surface area contributed by atoms with Crippen molar-refractivity contribution in [3.05, 3.63) is 71.5 Å². The van der Waals surface area contributed by atoms with E-state index in [0.717, 1.165) is 0 Å². The van der Waals surface area contributed by atoms with Crippen molar-refractivity contribution in [1.82, 2.24) is 14.3 Å². The Labute approximate surface area is 218 Å². The number of sulfonamides is 2. The van der Waals surface area contributed by atoms with E-state index in [1.165, 1.54) is 52.8 Å². The zero-order valence-electron chi connectivity index (χ0n) is 21.2. The maximum Gasteiger partial charge on any atom is 0.264 e. The summed E-state index contributed by atoms with van der Waals surface area (Å²) in [4.78, 5) is 21.0. The van der Waals surface area contributed by atoms with E-state index in [0.29, 0.717) is 43.0 Å². The molecular formula is C25H31N5O5S2. The highest BCUT2D eigenvalue weighted by Gasteiger charge is 2.23. The number of aryl methyl sites for hydroxylation is 2. The molecule has 10 nitrogen and oxygen atoms in total. The number of nitrogens with zero attached hydrogens (tertiary/aromatic N) is 3. The molecule has 3 rings (SSSR count). The number of aromatic nitrogens is 2. The van der Waals surface area contributed by atoms with Gasteiger partial charge in [0.15, 0.2) is 0 Å². The Morgan fingerprint density at radius 1 is 0.811 bits per heavy atom. The number of hydrogen-bond donors (Lipinski definition) is 2. The highest BCUT2D eigenvalue weighted by atomic mass is 32.2. The van der Waals surface area contributed by atoms with Crippen LogP contribution in [-0.2, 0) is 20.0 Å². The molecule has 0 aliphatic carbocycles. The summed E-state index contributed by atoms with van der Waals surface area (Å²) in [6, 6.07) is 13.1. The Hall–Kier alpha value is -3.35. The molecule has 1 amide bonds. The van der Waals surface area contributed by atoms with Crippen molar-refractivity contribution < 1.29 is 21.6 Å². The first kappa shape index (κ1) is 28.2. The van der Waals surface area contributed by atoms with Crippen LogP contribution in [0.4, 0.5) is 11.6 Å². The van der Waals surface area contributed by atoms with E-state index >= 15 is 0 Å². The van der Waals surface area contributed by atoms with Crippen LogP contribution in [0.25, 0.3) is 0 Å². The molecule has 1 heterocycles. The largest absolute Gasteiger partial charge is 0.322 e. The average Bonchev–Trinajstić information content (AvgIpc) is 2.83. The molecule has 12 heteroatoms. The molecule has 198 valence electrons. The predicted octanol–water partition coefficient (Wildman–Crippen LogP) is 3.96. The van der Waals surface area contributed by atoms with Crippen molar-refractivity contribution >= 4 is 37.6 Å². The topological polar surface area (TPSA) is 138 Å². The molecule has 3 aromatic rings. The van der Waals surface area contributed by atoms with Crippen LogP contribution in [0, 0.1) is 13.8 Å². The van der Waals surface area contributed by atoms with Crippen LogP contribution in [0.5, 0.6) is 0 Å². The normalized spacial score (nSPS) is 11.9. The van der Waals surface area contributed by atoms with Crippen molar-refractivity contribution in [2.75, 3.05) is 23.1 Å². The van der Waals surface area contributed by atoms with E-state index in [2.05, 4.69) is 20.0 Å². The number of anilines is 2. The van der Waals surface area contributed by atoms with Crippen molar-refractivity contribution in [2.24, 2.45) is 0 Å². The first-order chi connectivity index (χ1) is 17.5. The van der Waals surface area contributed by atoms with E-state index in [1.54, 1.807) is 19.9 Å². The van der Waals surface area contributed by atoms with Gasteiger partial charge in [-0.3, -0.25) is 4.79 Å². The minimum atomic E-state index is -3.93. The smallest absolute Gasteiger partial charge is 0.264 e. The average molecular weight is 546 g/mol. The van der Waals surface area contributed by atoms with E-state index in [9.17, 15) is 21.6 Å². The van der Waals surface area contributed by atoms with Gasteiger partial charge in [0.25, 0.3) is 15.9 Å². The van der Waals surface area contributed by atoms with Gasteiger partial charge in [-0.25, -0.2) is 31.5 Å². The summed E-state index contributed by atoms with van der Waals surface area (Å²) in [6.45, 7) is 8.18. The summed E-state index contributed by atoms with van der Waals surface area (Å²) < 4.78 is 55.0. The number of hydrogen-bond acceptors (Lipinski definition) is 7. The zero-order valence-corrected chi connectivity index (χ0v) is 22.9. The predicted molar refractivity (Wildman–Crippen MR) is 142 cm³/mol. The second-order valence-electron chi connectivity index (χ2n) is 8.49. The lowest BCUT2D eigenvalue weighted by molar-refractivity contribution is 0.102. The SMILES string of the molecule is CCCN(CCC)S(=O)(=O)c1ccc(C(=O)Nc2ccc(S(=O)(=O)Nc3nc(C)cc(C)n3)cc2)cc1.